The number of carbonyl (C=O) groups is 2. The van der Waals surface area contributed by atoms with Crippen LogP contribution in [-0.4, -0.2) is 36.7 Å². The molecule has 0 radical (unpaired) electrons. The number of nitrogens with zero attached hydrogens (tertiary/aromatic N) is 1. The minimum Gasteiger partial charge on any atom is -0.479 e. The Balaban J connectivity index is 1.49. The molecule has 1 aliphatic carbocycles. The standard InChI is InChI=1S/C24H19NO6S/c1-32(29,30)15-10-11-16-14(12-15)13-25(21(16)23(26)27)24(28)31-22-19-8-4-2-6-17(19)18-7-3-5-9-20(18)22/h2-12,21-22H,13H2,1H3,(H,26,27). The Morgan fingerprint density at radius 2 is 1.53 bits per heavy atom. The minimum atomic E-state index is -3.47. The Morgan fingerprint density at radius 1 is 0.938 bits per heavy atom. The second-order valence-corrected chi connectivity index (χ2v) is 9.96. The molecule has 162 valence electrons. The average molecular weight is 449 g/mol. The Hall–Kier alpha value is -3.65. The summed E-state index contributed by atoms with van der Waals surface area (Å²) in [5.41, 5.74) is 4.48. The Labute approximate surface area is 184 Å². The summed E-state index contributed by atoms with van der Waals surface area (Å²) in [6.45, 7) is -0.0511. The van der Waals surface area contributed by atoms with Gasteiger partial charge in [0.1, 0.15) is 0 Å². The number of hydrogen-bond acceptors (Lipinski definition) is 5. The molecule has 8 heteroatoms. The third kappa shape index (κ3) is 3.15. The first-order valence-electron chi connectivity index (χ1n) is 9.97. The van der Waals surface area contributed by atoms with Crippen molar-refractivity contribution in [3.63, 3.8) is 0 Å². The van der Waals surface area contributed by atoms with Crippen LogP contribution in [0.15, 0.2) is 71.6 Å². The van der Waals surface area contributed by atoms with Gasteiger partial charge >= 0.3 is 12.1 Å². The minimum absolute atomic E-state index is 0.0511. The summed E-state index contributed by atoms with van der Waals surface area (Å²) >= 11 is 0. The van der Waals surface area contributed by atoms with Gasteiger partial charge in [-0.05, 0) is 34.4 Å². The van der Waals surface area contributed by atoms with E-state index in [2.05, 4.69) is 0 Å². The Kier molecular flexibility index (Phi) is 4.56. The van der Waals surface area contributed by atoms with Gasteiger partial charge in [0, 0.05) is 17.4 Å². The second kappa shape index (κ2) is 7.20. The summed E-state index contributed by atoms with van der Waals surface area (Å²) in [5.74, 6) is -1.21. The van der Waals surface area contributed by atoms with Crippen molar-refractivity contribution in [2.24, 2.45) is 0 Å². The first-order chi connectivity index (χ1) is 15.3. The van der Waals surface area contributed by atoms with Crippen LogP contribution in [0.4, 0.5) is 4.79 Å². The molecule has 3 aromatic carbocycles. The quantitative estimate of drug-likeness (QED) is 0.650. The molecule has 1 atom stereocenters. The largest absolute Gasteiger partial charge is 0.479 e. The molecule has 1 N–H and O–H groups in total. The summed E-state index contributed by atoms with van der Waals surface area (Å²) in [5, 5.41) is 9.82. The molecule has 2 aliphatic rings. The number of fused-ring (bicyclic) bond motifs is 4. The maximum Gasteiger partial charge on any atom is 0.412 e. The van der Waals surface area contributed by atoms with Crippen molar-refractivity contribution >= 4 is 21.9 Å². The third-order valence-electron chi connectivity index (χ3n) is 5.95. The molecular formula is C24H19NO6S. The fourth-order valence-electron chi connectivity index (χ4n) is 4.50. The van der Waals surface area contributed by atoms with Crippen LogP contribution in [0, 0.1) is 0 Å². The van der Waals surface area contributed by atoms with E-state index in [9.17, 15) is 23.1 Å². The van der Waals surface area contributed by atoms with Crippen molar-refractivity contribution in [3.05, 3.63) is 89.0 Å². The van der Waals surface area contributed by atoms with E-state index >= 15 is 0 Å². The third-order valence-corrected chi connectivity index (χ3v) is 7.06. The number of rotatable bonds is 3. The lowest BCUT2D eigenvalue weighted by atomic mass is 10.1. The fourth-order valence-corrected chi connectivity index (χ4v) is 5.17. The van der Waals surface area contributed by atoms with Gasteiger partial charge in [-0.1, -0.05) is 54.6 Å². The summed E-state index contributed by atoms with van der Waals surface area (Å²) in [6.07, 6.45) is -0.343. The van der Waals surface area contributed by atoms with Crippen molar-refractivity contribution in [2.75, 3.05) is 6.26 Å². The first kappa shape index (κ1) is 20.3. The number of amides is 1. The number of carboxylic acids is 1. The molecule has 1 amide bonds. The molecule has 1 unspecified atom stereocenters. The van der Waals surface area contributed by atoms with Crippen LogP contribution in [-0.2, 0) is 25.9 Å². The van der Waals surface area contributed by atoms with Gasteiger partial charge in [-0.25, -0.2) is 18.0 Å². The molecule has 32 heavy (non-hydrogen) atoms. The number of carboxylic acid groups (broad SMARTS) is 1. The zero-order valence-electron chi connectivity index (χ0n) is 17.1. The lowest BCUT2D eigenvalue weighted by Crippen LogP contribution is -2.35. The highest BCUT2D eigenvalue weighted by Gasteiger charge is 2.42. The van der Waals surface area contributed by atoms with Crippen molar-refractivity contribution in [1.82, 2.24) is 4.90 Å². The van der Waals surface area contributed by atoms with Crippen molar-refractivity contribution < 1.29 is 27.9 Å². The Bertz CT molecular complexity index is 1340. The normalized spacial score (nSPS) is 16.9. The first-order valence-corrected chi connectivity index (χ1v) is 11.9. The lowest BCUT2D eigenvalue weighted by molar-refractivity contribution is -0.142. The predicted octanol–water partition coefficient (Wildman–Crippen LogP) is 3.94. The highest BCUT2D eigenvalue weighted by Crippen LogP contribution is 2.46. The molecule has 1 heterocycles. The van der Waals surface area contributed by atoms with E-state index in [0.717, 1.165) is 33.4 Å². The van der Waals surface area contributed by atoms with Crippen LogP contribution in [0.3, 0.4) is 0 Å². The number of sulfone groups is 1. The maximum absolute atomic E-state index is 13.2. The van der Waals surface area contributed by atoms with E-state index in [1.165, 1.54) is 18.2 Å². The average Bonchev–Trinajstić information content (AvgIpc) is 3.30. The molecule has 0 spiro atoms. The number of aliphatic carboxylic acids is 1. The number of benzene rings is 3. The smallest absolute Gasteiger partial charge is 0.412 e. The monoisotopic (exact) mass is 449 g/mol. The van der Waals surface area contributed by atoms with E-state index in [1.807, 2.05) is 48.5 Å². The van der Waals surface area contributed by atoms with Gasteiger partial charge in [-0.3, -0.25) is 4.90 Å². The number of ether oxygens (including phenoxy) is 1. The van der Waals surface area contributed by atoms with Crippen molar-refractivity contribution in [1.29, 1.82) is 0 Å². The topological polar surface area (TPSA) is 101 Å². The van der Waals surface area contributed by atoms with Gasteiger partial charge in [0.2, 0.25) is 0 Å². The van der Waals surface area contributed by atoms with Crippen LogP contribution < -0.4 is 0 Å². The highest BCUT2D eigenvalue weighted by atomic mass is 32.2. The van der Waals surface area contributed by atoms with Crippen LogP contribution in [0.5, 0.6) is 0 Å². The van der Waals surface area contributed by atoms with Gasteiger partial charge < -0.3 is 9.84 Å². The number of carbonyl (C=O) groups excluding carboxylic acids is 1. The summed E-state index contributed by atoms with van der Waals surface area (Å²) in [7, 11) is -3.47. The number of hydrogen-bond donors (Lipinski definition) is 1. The van der Waals surface area contributed by atoms with E-state index in [4.69, 9.17) is 4.74 Å². The highest BCUT2D eigenvalue weighted by molar-refractivity contribution is 7.90. The van der Waals surface area contributed by atoms with E-state index in [1.54, 1.807) is 0 Å². The molecule has 1 aliphatic heterocycles. The van der Waals surface area contributed by atoms with Gasteiger partial charge in [-0.2, -0.15) is 0 Å². The molecule has 3 aromatic rings. The maximum atomic E-state index is 13.2. The van der Waals surface area contributed by atoms with Crippen LogP contribution in [0.2, 0.25) is 0 Å². The summed E-state index contributed by atoms with van der Waals surface area (Å²) in [6, 6.07) is 18.2. The lowest BCUT2D eigenvalue weighted by Gasteiger charge is -2.24. The Morgan fingerprint density at radius 3 is 2.09 bits per heavy atom. The molecule has 0 bridgehead atoms. The SMILES string of the molecule is CS(=O)(=O)c1ccc2c(c1)CN(C(=O)OC1c3ccccc3-c3ccccc31)C2C(=O)O. The molecule has 0 saturated carbocycles. The fraction of sp³-hybridized carbons (Fsp3) is 0.167. The zero-order chi connectivity index (χ0) is 22.6. The van der Waals surface area contributed by atoms with Crippen molar-refractivity contribution in [2.45, 2.75) is 23.6 Å². The molecular weight excluding hydrogens is 430 g/mol. The molecule has 0 saturated heterocycles. The molecule has 5 rings (SSSR count). The second-order valence-electron chi connectivity index (χ2n) is 7.94. The van der Waals surface area contributed by atoms with E-state index in [-0.39, 0.29) is 11.4 Å². The molecule has 0 aromatic heterocycles. The van der Waals surface area contributed by atoms with Gasteiger partial charge in [0.25, 0.3) is 0 Å². The van der Waals surface area contributed by atoms with Crippen LogP contribution >= 0.6 is 0 Å². The molecule has 0 fully saturated rings. The predicted molar refractivity (Wildman–Crippen MR) is 116 cm³/mol. The van der Waals surface area contributed by atoms with Gasteiger partial charge in [-0.15, -0.1) is 0 Å². The van der Waals surface area contributed by atoms with Crippen molar-refractivity contribution in [3.8, 4) is 11.1 Å². The van der Waals surface area contributed by atoms with Gasteiger partial charge in [0.15, 0.2) is 22.0 Å². The van der Waals surface area contributed by atoms with Crippen LogP contribution in [0.25, 0.3) is 11.1 Å². The van der Waals surface area contributed by atoms with E-state index < -0.39 is 34.0 Å². The zero-order valence-corrected chi connectivity index (χ0v) is 17.9. The summed E-state index contributed by atoms with van der Waals surface area (Å²) < 4.78 is 29.7. The van der Waals surface area contributed by atoms with E-state index in [0.29, 0.717) is 11.1 Å². The van der Waals surface area contributed by atoms with Crippen LogP contribution in [0.1, 0.15) is 34.4 Å². The molecule has 7 nitrogen and oxygen atoms in total. The summed E-state index contributed by atoms with van der Waals surface area (Å²) in [4.78, 5) is 26.4. The van der Waals surface area contributed by atoms with Gasteiger partial charge in [0.05, 0.1) is 11.4 Å².